The third-order valence-electron chi connectivity index (χ3n) is 10.9. The number of hydrogen-bond donors (Lipinski definition) is 3. The molecular weight excluding hydrogens is 674 g/mol. The summed E-state index contributed by atoms with van der Waals surface area (Å²) in [5.74, 6) is -0.444. The molecule has 0 radical (unpaired) electrons. The molecule has 2 heterocycles. The number of fused-ring (bicyclic) bond motifs is 1. The number of aromatic nitrogens is 1. The van der Waals surface area contributed by atoms with Crippen molar-refractivity contribution in [1.29, 1.82) is 0 Å². The molecule has 3 fully saturated rings. The van der Waals surface area contributed by atoms with Crippen LogP contribution in [-0.4, -0.2) is 84.1 Å². The van der Waals surface area contributed by atoms with E-state index in [0.29, 0.717) is 81.2 Å². The molecule has 3 aromatic rings. The molecule has 3 aliphatic rings. The number of unbranched alkanes of at least 4 members (excludes halogenated alkanes) is 1. The number of nitrogens with zero attached hydrogens (tertiary/aromatic N) is 2. The lowest BCUT2D eigenvalue weighted by Gasteiger charge is -2.32. The van der Waals surface area contributed by atoms with E-state index in [0.717, 1.165) is 24.8 Å². The molecule has 1 aliphatic heterocycles. The number of carbonyl (C=O) groups excluding carboxylic acids is 4. The van der Waals surface area contributed by atoms with Crippen LogP contribution < -0.4 is 16.4 Å². The number of amides is 3. The Bertz CT molecular complexity index is 1620. The number of carbonyl (C=O) groups is 4. The summed E-state index contributed by atoms with van der Waals surface area (Å²) < 4.78 is 17.7. The van der Waals surface area contributed by atoms with Gasteiger partial charge in [0.15, 0.2) is 5.58 Å². The molecule has 2 aromatic carbocycles. The summed E-state index contributed by atoms with van der Waals surface area (Å²) in [6.07, 6.45) is 10.7. The normalized spacial score (nSPS) is 20.2. The first-order valence-corrected chi connectivity index (χ1v) is 19.7. The minimum atomic E-state index is -1.01. The van der Waals surface area contributed by atoms with E-state index in [4.69, 9.17) is 19.6 Å². The van der Waals surface area contributed by atoms with E-state index in [1.165, 1.54) is 37.0 Å². The first kappa shape index (κ1) is 38.4. The standard InChI is InChI=1S/C41H55N5O7/c42-24-10-9-16-32(37(47)39-44-31-15-7-8-17-34(31)53-39)43-38(48)36-35(51-26-23-29-13-5-2-6-14-29)22-25-46(36)40(49)33(21-20-28-11-3-1-4-12-28)45-41(50)52-27-30-18-19-30/h1,3-4,7-8,11-12,15,17,29-30,32-33,35-36H,2,5-6,9-10,13-14,16,18-27,42H2,(H,43,48)(H,45,50)/t32-,33+,35-,36-/m0/s1. The van der Waals surface area contributed by atoms with Crippen LogP contribution in [0.3, 0.4) is 0 Å². The number of Topliss-reactive ketones (excluding diaryl/α,β-unsaturated/α-hetero) is 1. The van der Waals surface area contributed by atoms with E-state index in [9.17, 15) is 19.2 Å². The van der Waals surface area contributed by atoms with Gasteiger partial charge in [-0.25, -0.2) is 9.78 Å². The average molecular weight is 730 g/mol. The Morgan fingerprint density at radius 2 is 1.64 bits per heavy atom. The van der Waals surface area contributed by atoms with Crippen LogP contribution in [-0.2, 0) is 25.5 Å². The molecule has 3 amide bonds. The second-order valence-corrected chi connectivity index (χ2v) is 14.9. The van der Waals surface area contributed by atoms with Gasteiger partial charge in [-0.2, -0.15) is 0 Å². The van der Waals surface area contributed by atoms with E-state index in [-0.39, 0.29) is 18.3 Å². The number of ketones is 1. The fourth-order valence-electron chi connectivity index (χ4n) is 7.58. The average Bonchev–Trinajstić information content (AvgIpc) is 3.76. The number of ether oxygens (including phenoxy) is 2. The molecule has 12 heteroatoms. The lowest BCUT2D eigenvalue weighted by molar-refractivity contribution is -0.143. The van der Waals surface area contributed by atoms with Crippen molar-refractivity contribution in [3.05, 3.63) is 66.1 Å². The molecule has 0 unspecified atom stereocenters. The van der Waals surface area contributed by atoms with Crippen molar-refractivity contribution in [3.63, 3.8) is 0 Å². The van der Waals surface area contributed by atoms with E-state index in [2.05, 4.69) is 15.6 Å². The third-order valence-corrected chi connectivity index (χ3v) is 10.9. The number of para-hydroxylation sites is 2. The second-order valence-electron chi connectivity index (χ2n) is 14.9. The van der Waals surface area contributed by atoms with Gasteiger partial charge in [0.25, 0.3) is 5.89 Å². The Labute approximate surface area is 311 Å². The number of nitrogens with two attached hydrogens (primary N) is 1. The molecular formula is C41H55N5O7. The van der Waals surface area contributed by atoms with Crippen molar-refractivity contribution in [1.82, 2.24) is 20.5 Å². The molecule has 4 atom stereocenters. The SMILES string of the molecule is NCCCC[C@H](NC(=O)[C@@H]1[C@@H](OCCC2CCCCC2)CCN1C(=O)[C@@H](CCc1ccccc1)NC(=O)OCC1CC1)C(=O)c1nc2ccccc2o1. The van der Waals surface area contributed by atoms with Crippen LogP contribution in [0.2, 0.25) is 0 Å². The minimum absolute atomic E-state index is 0.0845. The highest BCUT2D eigenvalue weighted by atomic mass is 16.5. The molecule has 6 rings (SSSR count). The third kappa shape index (κ3) is 10.9. The van der Waals surface area contributed by atoms with E-state index in [1.54, 1.807) is 18.2 Å². The number of hydrogen-bond acceptors (Lipinski definition) is 9. The summed E-state index contributed by atoms with van der Waals surface area (Å²) >= 11 is 0. The predicted molar refractivity (Wildman–Crippen MR) is 200 cm³/mol. The minimum Gasteiger partial charge on any atom is -0.449 e. The highest BCUT2D eigenvalue weighted by molar-refractivity contribution is 6.01. The maximum atomic E-state index is 14.5. The fraction of sp³-hybridized carbons (Fsp3) is 0.585. The lowest BCUT2D eigenvalue weighted by atomic mass is 9.87. The van der Waals surface area contributed by atoms with Crippen molar-refractivity contribution in [2.75, 3.05) is 26.3 Å². The molecule has 1 aromatic heterocycles. The molecule has 0 bridgehead atoms. The molecule has 2 saturated carbocycles. The van der Waals surface area contributed by atoms with E-state index >= 15 is 0 Å². The zero-order chi connectivity index (χ0) is 37.0. The zero-order valence-electron chi connectivity index (χ0n) is 30.7. The highest BCUT2D eigenvalue weighted by Crippen LogP contribution is 2.30. The molecule has 286 valence electrons. The molecule has 1 saturated heterocycles. The number of oxazole rings is 1. The van der Waals surface area contributed by atoms with Gasteiger partial charge in [-0.1, -0.05) is 74.6 Å². The number of nitrogens with one attached hydrogen (secondary N) is 2. The Morgan fingerprint density at radius 3 is 2.40 bits per heavy atom. The molecule has 2 aliphatic carbocycles. The first-order chi connectivity index (χ1) is 25.9. The Morgan fingerprint density at radius 1 is 0.868 bits per heavy atom. The van der Waals surface area contributed by atoms with Crippen LogP contribution >= 0.6 is 0 Å². The summed E-state index contributed by atoms with van der Waals surface area (Å²) in [6, 6.07) is 14.0. The number of likely N-dealkylation sites (tertiary alicyclic amines) is 1. The monoisotopic (exact) mass is 729 g/mol. The maximum absolute atomic E-state index is 14.5. The zero-order valence-corrected chi connectivity index (χ0v) is 30.7. The quantitative estimate of drug-likeness (QED) is 0.103. The van der Waals surface area contributed by atoms with Gasteiger partial charge in [0.1, 0.15) is 17.6 Å². The Balaban J connectivity index is 1.21. The maximum Gasteiger partial charge on any atom is 0.407 e. The van der Waals surface area contributed by atoms with Gasteiger partial charge >= 0.3 is 6.09 Å². The Hall–Kier alpha value is -4.29. The number of aryl methyl sites for hydroxylation is 1. The fourth-order valence-corrected chi connectivity index (χ4v) is 7.58. The Kier molecular flexibility index (Phi) is 13.9. The van der Waals surface area contributed by atoms with Gasteiger partial charge in [-0.3, -0.25) is 14.4 Å². The van der Waals surface area contributed by atoms with Crippen LogP contribution in [0.4, 0.5) is 4.79 Å². The largest absolute Gasteiger partial charge is 0.449 e. The molecule has 12 nitrogen and oxygen atoms in total. The number of alkyl carbamates (subject to hydrolysis) is 1. The predicted octanol–water partition coefficient (Wildman–Crippen LogP) is 5.72. The summed E-state index contributed by atoms with van der Waals surface area (Å²) in [5.41, 5.74) is 7.83. The topological polar surface area (TPSA) is 166 Å². The summed E-state index contributed by atoms with van der Waals surface area (Å²) in [7, 11) is 0. The first-order valence-electron chi connectivity index (χ1n) is 19.7. The van der Waals surface area contributed by atoms with Crippen LogP contribution in [0.25, 0.3) is 11.1 Å². The summed E-state index contributed by atoms with van der Waals surface area (Å²) in [4.78, 5) is 61.8. The van der Waals surface area contributed by atoms with Gasteiger partial charge in [0.05, 0.1) is 18.8 Å². The lowest BCUT2D eigenvalue weighted by Crippen LogP contribution is -2.58. The smallest absolute Gasteiger partial charge is 0.407 e. The summed E-state index contributed by atoms with van der Waals surface area (Å²) in [5, 5.41) is 5.80. The van der Waals surface area contributed by atoms with Crippen LogP contribution in [0.1, 0.15) is 99.7 Å². The molecule has 0 spiro atoms. The van der Waals surface area contributed by atoms with Gasteiger partial charge in [-0.05, 0) is 93.9 Å². The van der Waals surface area contributed by atoms with Crippen molar-refractivity contribution in [2.45, 2.75) is 114 Å². The second kappa shape index (κ2) is 19.2. The van der Waals surface area contributed by atoms with Crippen molar-refractivity contribution >= 4 is 34.8 Å². The molecule has 53 heavy (non-hydrogen) atoms. The van der Waals surface area contributed by atoms with Gasteiger partial charge in [0.2, 0.25) is 17.6 Å². The molecule has 4 N–H and O–H groups in total. The van der Waals surface area contributed by atoms with Crippen LogP contribution in [0.5, 0.6) is 0 Å². The van der Waals surface area contributed by atoms with E-state index < -0.39 is 42.0 Å². The van der Waals surface area contributed by atoms with Gasteiger partial charge < -0.3 is 35.2 Å². The van der Waals surface area contributed by atoms with Gasteiger partial charge in [-0.15, -0.1) is 0 Å². The van der Waals surface area contributed by atoms with Crippen molar-refractivity contribution < 1.29 is 33.1 Å². The number of benzene rings is 2. The summed E-state index contributed by atoms with van der Waals surface area (Å²) in [6.45, 7) is 1.51. The number of rotatable bonds is 19. The van der Waals surface area contributed by atoms with Crippen LogP contribution in [0.15, 0.2) is 59.0 Å². The highest BCUT2D eigenvalue weighted by Gasteiger charge is 2.45. The van der Waals surface area contributed by atoms with Crippen molar-refractivity contribution in [2.24, 2.45) is 17.6 Å². The van der Waals surface area contributed by atoms with Gasteiger partial charge in [0, 0.05) is 13.2 Å². The van der Waals surface area contributed by atoms with Crippen LogP contribution in [0, 0.1) is 11.8 Å². The van der Waals surface area contributed by atoms with Crippen molar-refractivity contribution in [3.8, 4) is 0 Å². The van der Waals surface area contributed by atoms with E-state index in [1.807, 2.05) is 36.4 Å².